The van der Waals surface area contributed by atoms with Gasteiger partial charge >= 0.3 is 6.02 Å². The van der Waals surface area contributed by atoms with Crippen LogP contribution in [0.3, 0.4) is 0 Å². The van der Waals surface area contributed by atoms with Crippen LogP contribution in [0.25, 0.3) is 0 Å². The summed E-state index contributed by atoms with van der Waals surface area (Å²) < 4.78 is 5.44. The molecule has 0 amide bonds. The van der Waals surface area contributed by atoms with Crippen molar-refractivity contribution in [1.82, 2.24) is 9.96 Å². The molecule has 0 bridgehead atoms. The normalized spacial score (nSPS) is 20.5. The lowest BCUT2D eigenvalue weighted by Crippen LogP contribution is -2.42. The molecule has 2 aromatic carbocycles. The monoisotopic (exact) mass is 323 g/mol. The molecule has 4 rings (SSSR count). The summed E-state index contributed by atoms with van der Waals surface area (Å²) in [6, 6.07) is 21.2. The molecule has 2 aliphatic rings. The molecular weight excluding hydrogens is 302 g/mol. The maximum Gasteiger partial charge on any atom is 0.310 e. The first-order valence-electron chi connectivity index (χ1n) is 8.26. The number of ether oxygens (including phenoxy) is 1. The van der Waals surface area contributed by atoms with Crippen LogP contribution < -0.4 is 0 Å². The molecule has 0 saturated carbocycles. The van der Waals surface area contributed by atoms with E-state index in [0.717, 1.165) is 24.2 Å². The highest BCUT2D eigenvalue weighted by Gasteiger charge is 2.46. The van der Waals surface area contributed by atoms with Gasteiger partial charge in [0.05, 0.1) is 13.2 Å². The number of benzene rings is 2. The zero-order valence-electron chi connectivity index (χ0n) is 13.8. The van der Waals surface area contributed by atoms with Crippen LogP contribution in [-0.2, 0) is 15.2 Å². The van der Waals surface area contributed by atoms with Gasteiger partial charge in [0.2, 0.25) is 5.66 Å². The number of hydroxylamine groups is 2. The lowest BCUT2D eigenvalue weighted by molar-refractivity contribution is -0.104. The second-order valence-corrected chi connectivity index (χ2v) is 5.99. The number of aliphatic imine (C=N–C) groups is 1. The maximum absolute atomic E-state index is 6.08. The highest BCUT2D eigenvalue weighted by Crippen LogP contribution is 2.40. The minimum Gasteiger partial charge on any atom is -0.378 e. The lowest BCUT2D eigenvalue weighted by Gasteiger charge is -2.32. The molecule has 0 spiro atoms. The molecule has 0 aromatic heterocycles. The highest BCUT2D eigenvalue weighted by atomic mass is 16.7. The fourth-order valence-electron chi connectivity index (χ4n) is 3.30. The summed E-state index contributed by atoms with van der Waals surface area (Å²) in [5.74, 6) is 0. The summed E-state index contributed by atoms with van der Waals surface area (Å²) in [5.41, 5.74) is 1.50. The summed E-state index contributed by atoms with van der Waals surface area (Å²) in [6.07, 6.45) is 0. The second kappa shape index (κ2) is 6.26. The molecule has 2 heterocycles. The van der Waals surface area contributed by atoms with Crippen molar-refractivity contribution in [2.45, 2.75) is 5.66 Å². The maximum atomic E-state index is 6.08. The molecule has 24 heavy (non-hydrogen) atoms. The van der Waals surface area contributed by atoms with Gasteiger partial charge in [-0.2, -0.15) is 4.99 Å². The Balaban J connectivity index is 1.82. The predicted octanol–water partition coefficient (Wildman–Crippen LogP) is 2.45. The Morgan fingerprint density at radius 3 is 1.96 bits per heavy atom. The third-order valence-electron chi connectivity index (χ3n) is 4.57. The minimum atomic E-state index is -0.670. The van der Waals surface area contributed by atoms with Gasteiger partial charge in [-0.25, -0.2) is 0 Å². The number of amidine groups is 1. The molecule has 5 nitrogen and oxygen atoms in total. The molecule has 1 fully saturated rings. The third kappa shape index (κ3) is 2.46. The van der Waals surface area contributed by atoms with Gasteiger partial charge in [0.15, 0.2) is 0 Å². The number of morpholine rings is 1. The van der Waals surface area contributed by atoms with Crippen LogP contribution in [0.2, 0.25) is 0 Å². The first kappa shape index (κ1) is 15.2. The Morgan fingerprint density at radius 2 is 1.42 bits per heavy atom. The standard InChI is InChI=1S/C19H21N3O2/c1-21-19(16-8-4-2-5-9-16,17-10-6-3-7-11-17)20-18(24-21)22-12-14-23-15-13-22/h2-11H,12-15H2,1H3. The van der Waals surface area contributed by atoms with E-state index < -0.39 is 5.66 Å². The van der Waals surface area contributed by atoms with Gasteiger partial charge in [-0.15, -0.1) is 5.06 Å². The fraction of sp³-hybridized carbons (Fsp3) is 0.316. The molecule has 2 aliphatic heterocycles. The molecule has 124 valence electrons. The molecule has 0 aliphatic carbocycles. The second-order valence-electron chi connectivity index (χ2n) is 5.99. The largest absolute Gasteiger partial charge is 0.378 e. The van der Waals surface area contributed by atoms with Gasteiger partial charge < -0.3 is 14.5 Å². The van der Waals surface area contributed by atoms with Crippen LogP contribution in [0, 0.1) is 0 Å². The van der Waals surface area contributed by atoms with E-state index in [9.17, 15) is 0 Å². The summed E-state index contributed by atoms with van der Waals surface area (Å²) in [7, 11) is 1.94. The van der Waals surface area contributed by atoms with Gasteiger partial charge in [-0.05, 0) is 0 Å². The van der Waals surface area contributed by atoms with E-state index >= 15 is 0 Å². The van der Waals surface area contributed by atoms with Crippen molar-refractivity contribution in [3.05, 3.63) is 71.8 Å². The van der Waals surface area contributed by atoms with E-state index in [4.69, 9.17) is 14.6 Å². The summed E-state index contributed by atoms with van der Waals surface area (Å²) in [5, 5.41) is 1.85. The van der Waals surface area contributed by atoms with Crippen molar-refractivity contribution in [1.29, 1.82) is 0 Å². The Hall–Kier alpha value is -2.37. The van der Waals surface area contributed by atoms with Crippen LogP contribution in [0.15, 0.2) is 65.7 Å². The van der Waals surface area contributed by atoms with Gasteiger partial charge in [0, 0.05) is 31.3 Å². The molecule has 5 heteroatoms. The van der Waals surface area contributed by atoms with E-state index in [0.29, 0.717) is 19.2 Å². The Bertz CT molecular complexity index is 672. The summed E-state index contributed by atoms with van der Waals surface area (Å²) >= 11 is 0. The molecule has 0 N–H and O–H groups in total. The fourth-order valence-corrected chi connectivity index (χ4v) is 3.30. The van der Waals surface area contributed by atoms with Gasteiger partial charge in [-0.3, -0.25) is 0 Å². The lowest BCUT2D eigenvalue weighted by atomic mass is 9.91. The molecule has 1 saturated heterocycles. The average Bonchev–Trinajstić information content (AvgIpc) is 3.02. The summed E-state index contributed by atoms with van der Waals surface area (Å²) in [4.78, 5) is 13.3. The van der Waals surface area contributed by atoms with Crippen molar-refractivity contribution < 1.29 is 9.57 Å². The smallest absolute Gasteiger partial charge is 0.310 e. The minimum absolute atomic E-state index is 0.661. The van der Waals surface area contributed by atoms with Crippen LogP contribution >= 0.6 is 0 Å². The van der Waals surface area contributed by atoms with E-state index in [2.05, 4.69) is 29.2 Å². The van der Waals surface area contributed by atoms with E-state index in [-0.39, 0.29) is 0 Å². The third-order valence-corrected chi connectivity index (χ3v) is 4.57. The van der Waals surface area contributed by atoms with Crippen molar-refractivity contribution in [3.8, 4) is 0 Å². The first-order chi connectivity index (χ1) is 11.8. The van der Waals surface area contributed by atoms with Crippen LogP contribution in [0.5, 0.6) is 0 Å². The topological polar surface area (TPSA) is 37.3 Å². The number of rotatable bonds is 2. The van der Waals surface area contributed by atoms with Crippen molar-refractivity contribution >= 4 is 6.02 Å². The molecule has 2 aromatic rings. The molecule has 0 atom stereocenters. The van der Waals surface area contributed by atoms with E-state index in [1.54, 1.807) is 0 Å². The van der Waals surface area contributed by atoms with Crippen molar-refractivity contribution in [2.75, 3.05) is 33.4 Å². The van der Waals surface area contributed by atoms with Crippen LogP contribution in [-0.4, -0.2) is 49.3 Å². The highest BCUT2D eigenvalue weighted by molar-refractivity contribution is 5.76. The summed E-state index contributed by atoms with van der Waals surface area (Å²) in [6.45, 7) is 3.00. The number of hydrogen-bond donors (Lipinski definition) is 0. The van der Waals surface area contributed by atoms with Gasteiger partial charge in [0.1, 0.15) is 0 Å². The molecule has 0 unspecified atom stereocenters. The van der Waals surface area contributed by atoms with Gasteiger partial charge in [0.25, 0.3) is 0 Å². The zero-order chi connectivity index (χ0) is 16.4. The van der Waals surface area contributed by atoms with E-state index in [1.807, 2.05) is 48.5 Å². The van der Waals surface area contributed by atoms with Crippen LogP contribution in [0.1, 0.15) is 11.1 Å². The van der Waals surface area contributed by atoms with Gasteiger partial charge in [-0.1, -0.05) is 60.7 Å². The zero-order valence-corrected chi connectivity index (χ0v) is 13.8. The Kier molecular flexibility index (Phi) is 3.96. The molecular formula is C19H21N3O2. The Labute approximate surface area is 142 Å². The predicted molar refractivity (Wildman–Crippen MR) is 92.3 cm³/mol. The average molecular weight is 323 g/mol. The quantitative estimate of drug-likeness (QED) is 0.851. The number of hydrogen-bond acceptors (Lipinski definition) is 5. The van der Waals surface area contributed by atoms with Crippen molar-refractivity contribution in [2.24, 2.45) is 4.99 Å². The Morgan fingerprint density at radius 1 is 0.875 bits per heavy atom. The number of nitrogens with zero attached hydrogens (tertiary/aromatic N) is 3. The molecule has 0 radical (unpaired) electrons. The van der Waals surface area contributed by atoms with E-state index in [1.165, 1.54) is 0 Å². The SMILES string of the molecule is CN1OC(N2CCOCC2)=NC1(c1ccccc1)c1ccccc1. The first-order valence-corrected chi connectivity index (χ1v) is 8.26. The van der Waals surface area contributed by atoms with Crippen LogP contribution in [0.4, 0.5) is 0 Å². The van der Waals surface area contributed by atoms with Crippen molar-refractivity contribution in [3.63, 3.8) is 0 Å².